The maximum atomic E-state index is 11.3. The third-order valence-electron chi connectivity index (χ3n) is 3.10. The summed E-state index contributed by atoms with van der Waals surface area (Å²) in [6, 6.07) is 7.44. The average Bonchev–Trinajstić information content (AvgIpc) is 2.45. The summed E-state index contributed by atoms with van der Waals surface area (Å²) in [5.41, 5.74) is 12.7. The van der Waals surface area contributed by atoms with Gasteiger partial charge in [-0.05, 0) is 37.1 Å². The highest BCUT2D eigenvalue weighted by molar-refractivity contribution is 5.89. The fourth-order valence-corrected chi connectivity index (χ4v) is 1.92. The van der Waals surface area contributed by atoms with Crippen LogP contribution < -0.4 is 16.8 Å². The number of benzene rings is 1. The minimum Gasteiger partial charge on any atom is -0.465 e. The highest BCUT2D eigenvalue weighted by Crippen LogP contribution is 2.06. The van der Waals surface area contributed by atoms with E-state index >= 15 is 0 Å². The number of ether oxygens (including phenoxy) is 1. The molecule has 0 heterocycles. The zero-order valence-corrected chi connectivity index (χ0v) is 12.1. The van der Waals surface area contributed by atoms with Crippen LogP contribution in [-0.2, 0) is 11.3 Å². The third-order valence-corrected chi connectivity index (χ3v) is 3.10. The van der Waals surface area contributed by atoms with E-state index in [0.717, 1.165) is 44.3 Å². The number of carbonyl (C=O) groups excluding carboxylic acids is 1. The zero-order valence-electron chi connectivity index (χ0n) is 12.1. The van der Waals surface area contributed by atoms with Gasteiger partial charge in [0, 0.05) is 6.54 Å². The summed E-state index contributed by atoms with van der Waals surface area (Å²) < 4.78 is 4.66. The molecule has 0 amide bonds. The maximum absolute atomic E-state index is 11.3. The molecule has 112 valence electrons. The van der Waals surface area contributed by atoms with Crippen LogP contribution in [0.1, 0.15) is 41.6 Å². The van der Waals surface area contributed by atoms with Crippen LogP contribution in [0.2, 0.25) is 0 Å². The second-order valence-electron chi connectivity index (χ2n) is 4.88. The Bertz CT molecular complexity index is 391. The highest BCUT2D eigenvalue weighted by Gasteiger charge is 2.03. The Kier molecular flexibility index (Phi) is 7.87. The summed E-state index contributed by atoms with van der Waals surface area (Å²) in [6.07, 6.45) is 4.03. The van der Waals surface area contributed by atoms with Crippen molar-refractivity contribution < 1.29 is 9.53 Å². The van der Waals surface area contributed by atoms with Crippen molar-refractivity contribution >= 4 is 5.97 Å². The molecular formula is C15H25N3O2. The molecule has 0 atom stereocenters. The van der Waals surface area contributed by atoms with E-state index in [-0.39, 0.29) is 12.1 Å². The molecule has 0 unspecified atom stereocenters. The molecule has 0 bridgehead atoms. The summed E-state index contributed by atoms with van der Waals surface area (Å²) in [7, 11) is 1.38. The lowest BCUT2D eigenvalue weighted by Gasteiger charge is -2.07. The number of esters is 1. The lowest BCUT2D eigenvalue weighted by molar-refractivity contribution is 0.0600. The maximum Gasteiger partial charge on any atom is 0.337 e. The van der Waals surface area contributed by atoms with Crippen LogP contribution in [-0.4, -0.2) is 25.8 Å². The minimum absolute atomic E-state index is 0.184. The topological polar surface area (TPSA) is 90.4 Å². The first kappa shape index (κ1) is 16.6. The van der Waals surface area contributed by atoms with Gasteiger partial charge in [0.05, 0.1) is 18.8 Å². The van der Waals surface area contributed by atoms with E-state index in [2.05, 4.69) is 10.1 Å². The molecule has 5 heteroatoms. The van der Waals surface area contributed by atoms with Gasteiger partial charge in [-0.2, -0.15) is 0 Å². The van der Waals surface area contributed by atoms with Gasteiger partial charge in [-0.1, -0.05) is 25.0 Å². The van der Waals surface area contributed by atoms with E-state index in [0.29, 0.717) is 5.56 Å². The predicted octanol–water partition coefficient (Wildman–Crippen LogP) is 1.37. The van der Waals surface area contributed by atoms with E-state index in [9.17, 15) is 4.79 Å². The molecule has 0 aliphatic carbocycles. The largest absolute Gasteiger partial charge is 0.465 e. The van der Waals surface area contributed by atoms with Gasteiger partial charge in [-0.3, -0.25) is 0 Å². The van der Waals surface area contributed by atoms with Crippen molar-refractivity contribution in [3.05, 3.63) is 35.4 Å². The molecule has 0 saturated carbocycles. The van der Waals surface area contributed by atoms with Gasteiger partial charge in [0.25, 0.3) is 0 Å². The summed E-state index contributed by atoms with van der Waals surface area (Å²) >= 11 is 0. The number of carbonyl (C=O) groups is 1. The number of unbranched alkanes of at least 4 members (excludes halogenated alkanes) is 2. The molecule has 0 spiro atoms. The molecule has 20 heavy (non-hydrogen) atoms. The molecule has 1 rings (SSSR count). The number of hydrogen-bond acceptors (Lipinski definition) is 5. The van der Waals surface area contributed by atoms with Crippen molar-refractivity contribution in [3.63, 3.8) is 0 Å². The number of methoxy groups -OCH3 is 1. The quantitative estimate of drug-likeness (QED) is 0.361. The van der Waals surface area contributed by atoms with E-state index in [1.807, 2.05) is 12.1 Å². The smallest absolute Gasteiger partial charge is 0.337 e. The molecule has 0 aromatic heterocycles. The van der Waals surface area contributed by atoms with Crippen LogP contribution >= 0.6 is 0 Å². The van der Waals surface area contributed by atoms with Gasteiger partial charge < -0.3 is 21.5 Å². The lowest BCUT2D eigenvalue weighted by Crippen LogP contribution is -2.29. The van der Waals surface area contributed by atoms with Gasteiger partial charge in [0.15, 0.2) is 0 Å². The molecule has 5 N–H and O–H groups in total. The molecule has 0 aliphatic heterocycles. The second-order valence-corrected chi connectivity index (χ2v) is 4.88. The first-order valence-electron chi connectivity index (χ1n) is 7.02. The standard InChI is InChI=1S/C15H25N3O2/c1-20-15(19)13-8-6-12(7-9-13)11-18-10-4-2-3-5-14(16)17/h6-9,14,18H,2-5,10-11,16-17H2,1H3. The van der Waals surface area contributed by atoms with Gasteiger partial charge >= 0.3 is 5.97 Å². The average molecular weight is 279 g/mol. The van der Waals surface area contributed by atoms with Crippen LogP contribution in [0.4, 0.5) is 0 Å². The van der Waals surface area contributed by atoms with Gasteiger partial charge in [-0.25, -0.2) is 4.79 Å². The Balaban J connectivity index is 2.14. The predicted molar refractivity (Wildman–Crippen MR) is 80.1 cm³/mol. The van der Waals surface area contributed by atoms with Crippen LogP contribution in [0.5, 0.6) is 0 Å². The molecular weight excluding hydrogens is 254 g/mol. The Morgan fingerprint density at radius 2 is 1.90 bits per heavy atom. The van der Waals surface area contributed by atoms with Crippen molar-refractivity contribution in [1.82, 2.24) is 5.32 Å². The van der Waals surface area contributed by atoms with E-state index in [1.165, 1.54) is 7.11 Å². The van der Waals surface area contributed by atoms with E-state index < -0.39 is 0 Å². The monoisotopic (exact) mass is 279 g/mol. The Morgan fingerprint density at radius 3 is 2.50 bits per heavy atom. The highest BCUT2D eigenvalue weighted by atomic mass is 16.5. The number of nitrogens with one attached hydrogen (secondary N) is 1. The van der Waals surface area contributed by atoms with Crippen molar-refractivity contribution in [2.75, 3.05) is 13.7 Å². The van der Waals surface area contributed by atoms with Crippen molar-refractivity contribution in [2.24, 2.45) is 11.5 Å². The molecule has 5 nitrogen and oxygen atoms in total. The second kappa shape index (κ2) is 9.47. The summed E-state index contributed by atoms with van der Waals surface area (Å²) in [5, 5.41) is 3.37. The number of rotatable bonds is 9. The van der Waals surface area contributed by atoms with Crippen LogP contribution in [0, 0.1) is 0 Å². The first-order chi connectivity index (χ1) is 9.63. The van der Waals surface area contributed by atoms with Crippen LogP contribution in [0.25, 0.3) is 0 Å². The Hall–Kier alpha value is -1.43. The fraction of sp³-hybridized carbons (Fsp3) is 0.533. The minimum atomic E-state index is -0.303. The lowest BCUT2D eigenvalue weighted by atomic mass is 10.1. The molecule has 0 radical (unpaired) electrons. The van der Waals surface area contributed by atoms with Crippen molar-refractivity contribution in [2.45, 2.75) is 38.4 Å². The molecule has 0 fully saturated rings. The molecule has 0 saturated heterocycles. The van der Waals surface area contributed by atoms with Crippen molar-refractivity contribution in [1.29, 1.82) is 0 Å². The van der Waals surface area contributed by atoms with E-state index in [4.69, 9.17) is 11.5 Å². The third kappa shape index (κ3) is 6.65. The Labute approximate surface area is 120 Å². The molecule has 0 aliphatic rings. The van der Waals surface area contributed by atoms with Gasteiger partial charge in [0.2, 0.25) is 0 Å². The fourth-order valence-electron chi connectivity index (χ4n) is 1.92. The zero-order chi connectivity index (χ0) is 14.8. The van der Waals surface area contributed by atoms with Crippen LogP contribution in [0.15, 0.2) is 24.3 Å². The SMILES string of the molecule is COC(=O)c1ccc(CNCCCCCC(N)N)cc1. The van der Waals surface area contributed by atoms with Gasteiger partial charge in [0.1, 0.15) is 0 Å². The first-order valence-corrected chi connectivity index (χ1v) is 7.02. The summed E-state index contributed by atoms with van der Waals surface area (Å²) in [5.74, 6) is -0.303. The Morgan fingerprint density at radius 1 is 1.20 bits per heavy atom. The number of nitrogens with two attached hydrogens (primary N) is 2. The number of hydrogen-bond donors (Lipinski definition) is 3. The van der Waals surface area contributed by atoms with Gasteiger partial charge in [-0.15, -0.1) is 0 Å². The normalized spacial score (nSPS) is 10.8. The summed E-state index contributed by atoms with van der Waals surface area (Å²) in [4.78, 5) is 11.3. The molecule has 1 aromatic carbocycles. The van der Waals surface area contributed by atoms with Crippen LogP contribution in [0.3, 0.4) is 0 Å². The summed E-state index contributed by atoms with van der Waals surface area (Å²) in [6.45, 7) is 1.77. The van der Waals surface area contributed by atoms with Crippen molar-refractivity contribution in [3.8, 4) is 0 Å². The van der Waals surface area contributed by atoms with E-state index in [1.54, 1.807) is 12.1 Å². The molecule has 1 aromatic rings.